The fraction of sp³-hybridized carbons (Fsp3) is 0.462. The zero-order valence-electron chi connectivity index (χ0n) is 12.1. The SMILES string of the molecule is CCc1cc2c(NC(C)(C)C(N)=O)nc(NC)nc2s1. The lowest BCUT2D eigenvalue weighted by molar-refractivity contribution is -0.121. The van der Waals surface area contributed by atoms with Crippen molar-refractivity contribution in [3.05, 3.63) is 10.9 Å². The van der Waals surface area contributed by atoms with Gasteiger partial charge in [0.2, 0.25) is 11.9 Å². The molecule has 0 aromatic carbocycles. The highest BCUT2D eigenvalue weighted by molar-refractivity contribution is 7.18. The summed E-state index contributed by atoms with van der Waals surface area (Å²) >= 11 is 1.63. The van der Waals surface area contributed by atoms with Crippen molar-refractivity contribution in [3.8, 4) is 0 Å². The molecule has 2 aromatic heterocycles. The normalized spacial score (nSPS) is 11.6. The van der Waals surface area contributed by atoms with Crippen molar-refractivity contribution in [1.29, 1.82) is 0 Å². The number of amides is 1. The van der Waals surface area contributed by atoms with Gasteiger partial charge >= 0.3 is 0 Å². The maximum Gasteiger partial charge on any atom is 0.242 e. The maximum absolute atomic E-state index is 11.5. The van der Waals surface area contributed by atoms with Crippen LogP contribution in [0.15, 0.2) is 6.07 Å². The summed E-state index contributed by atoms with van der Waals surface area (Å²) in [5, 5.41) is 6.96. The molecular weight excluding hydrogens is 274 g/mol. The second-order valence-electron chi connectivity index (χ2n) is 5.05. The van der Waals surface area contributed by atoms with Crippen LogP contribution in [0.3, 0.4) is 0 Å². The Morgan fingerprint density at radius 2 is 2.15 bits per heavy atom. The Bertz CT molecular complexity index is 649. The van der Waals surface area contributed by atoms with Gasteiger partial charge in [0.15, 0.2) is 0 Å². The first kappa shape index (κ1) is 14.5. The molecule has 0 radical (unpaired) electrons. The fourth-order valence-electron chi connectivity index (χ4n) is 1.71. The van der Waals surface area contributed by atoms with Gasteiger partial charge in [0, 0.05) is 11.9 Å². The van der Waals surface area contributed by atoms with Crippen molar-refractivity contribution < 1.29 is 4.79 Å². The zero-order chi connectivity index (χ0) is 14.9. The number of fused-ring (bicyclic) bond motifs is 1. The Morgan fingerprint density at radius 3 is 2.70 bits per heavy atom. The monoisotopic (exact) mass is 293 g/mol. The number of aryl methyl sites for hydroxylation is 1. The van der Waals surface area contributed by atoms with Gasteiger partial charge in [-0.2, -0.15) is 4.98 Å². The minimum Gasteiger partial charge on any atom is -0.368 e. The van der Waals surface area contributed by atoms with Gasteiger partial charge in [0.05, 0.1) is 5.39 Å². The summed E-state index contributed by atoms with van der Waals surface area (Å²) in [6.07, 6.45) is 0.939. The van der Waals surface area contributed by atoms with Gasteiger partial charge in [-0.15, -0.1) is 11.3 Å². The number of nitrogens with zero attached hydrogens (tertiary/aromatic N) is 2. The number of nitrogens with two attached hydrogens (primary N) is 1. The van der Waals surface area contributed by atoms with Gasteiger partial charge in [-0.3, -0.25) is 4.79 Å². The van der Waals surface area contributed by atoms with E-state index in [9.17, 15) is 4.79 Å². The van der Waals surface area contributed by atoms with Crippen LogP contribution in [0.5, 0.6) is 0 Å². The number of primary amides is 1. The predicted molar refractivity (Wildman–Crippen MR) is 83.2 cm³/mol. The van der Waals surface area contributed by atoms with E-state index in [1.54, 1.807) is 32.2 Å². The highest BCUT2D eigenvalue weighted by Crippen LogP contribution is 2.31. The minimum atomic E-state index is -0.874. The third-order valence-electron chi connectivity index (χ3n) is 3.06. The van der Waals surface area contributed by atoms with Crippen LogP contribution in [-0.2, 0) is 11.2 Å². The van der Waals surface area contributed by atoms with Crippen LogP contribution >= 0.6 is 11.3 Å². The minimum absolute atomic E-state index is 0.429. The van der Waals surface area contributed by atoms with Gasteiger partial charge in [-0.05, 0) is 26.3 Å². The van der Waals surface area contributed by atoms with Gasteiger partial charge < -0.3 is 16.4 Å². The van der Waals surface area contributed by atoms with Crippen LogP contribution in [0.1, 0.15) is 25.6 Å². The van der Waals surface area contributed by atoms with E-state index >= 15 is 0 Å². The number of anilines is 2. The molecule has 0 saturated carbocycles. The van der Waals surface area contributed by atoms with E-state index in [1.807, 2.05) is 0 Å². The smallest absolute Gasteiger partial charge is 0.242 e. The molecule has 2 aromatic rings. The summed E-state index contributed by atoms with van der Waals surface area (Å²) in [5.41, 5.74) is 4.53. The first-order valence-electron chi connectivity index (χ1n) is 6.43. The summed E-state index contributed by atoms with van der Waals surface area (Å²) in [6, 6.07) is 2.05. The van der Waals surface area contributed by atoms with Crippen molar-refractivity contribution in [1.82, 2.24) is 9.97 Å². The van der Waals surface area contributed by atoms with Gasteiger partial charge in [0.1, 0.15) is 16.2 Å². The van der Waals surface area contributed by atoms with Crippen LogP contribution in [0.25, 0.3) is 10.2 Å². The molecule has 0 spiro atoms. The molecule has 1 amide bonds. The van der Waals surface area contributed by atoms with Crippen LogP contribution in [0, 0.1) is 0 Å². The van der Waals surface area contributed by atoms with E-state index in [0.717, 1.165) is 16.6 Å². The van der Waals surface area contributed by atoms with E-state index in [0.29, 0.717) is 11.8 Å². The molecule has 0 fully saturated rings. The predicted octanol–water partition coefficient (Wildman–Crippen LogP) is 1.97. The van der Waals surface area contributed by atoms with Crippen molar-refractivity contribution in [2.45, 2.75) is 32.7 Å². The van der Waals surface area contributed by atoms with Crippen LogP contribution in [0.2, 0.25) is 0 Å². The summed E-state index contributed by atoms with van der Waals surface area (Å²) in [4.78, 5) is 22.4. The van der Waals surface area contributed by atoms with Crippen molar-refractivity contribution in [2.24, 2.45) is 5.73 Å². The standard InChI is InChI=1S/C13H19N5OS/c1-5-7-6-8-9(18-13(2,3)11(14)19)16-12(15-4)17-10(8)20-7/h6H,5H2,1-4H3,(H2,14,19)(H2,15,16,17,18). The Hall–Kier alpha value is -1.89. The molecular formula is C13H19N5OS. The Balaban J connectivity index is 2.55. The van der Waals surface area contributed by atoms with E-state index < -0.39 is 11.4 Å². The molecule has 108 valence electrons. The zero-order valence-corrected chi connectivity index (χ0v) is 12.9. The fourth-order valence-corrected chi connectivity index (χ4v) is 2.68. The van der Waals surface area contributed by atoms with Crippen molar-refractivity contribution >= 4 is 39.2 Å². The molecule has 0 aliphatic rings. The number of aromatic nitrogens is 2. The van der Waals surface area contributed by atoms with Crippen molar-refractivity contribution in [3.63, 3.8) is 0 Å². The molecule has 0 aliphatic heterocycles. The summed E-state index contributed by atoms with van der Waals surface area (Å²) in [5.74, 6) is 0.713. The topological polar surface area (TPSA) is 92.9 Å². The molecule has 20 heavy (non-hydrogen) atoms. The summed E-state index contributed by atoms with van der Waals surface area (Å²) in [7, 11) is 1.76. The lowest BCUT2D eigenvalue weighted by Crippen LogP contribution is -2.45. The number of nitrogens with one attached hydrogen (secondary N) is 2. The van der Waals surface area contributed by atoms with E-state index in [1.165, 1.54) is 4.88 Å². The van der Waals surface area contributed by atoms with Gasteiger partial charge in [-0.25, -0.2) is 4.98 Å². The number of rotatable bonds is 5. The van der Waals surface area contributed by atoms with E-state index in [-0.39, 0.29) is 0 Å². The molecule has 6 nitrogen and oxygen atoms in total. The Labute approximate surface area is 121 Å². The molecule has 2 heterocycles. The summed E-state index contributed by atoms with van der Waals surface area (Å²) in [6.45, 7) is 5.56. The number of carbonyl (C=O) groups excluding carboxylic acids is 1. The van der Waals surface area contributed by atoms with Gasteiger partial charge in [0.25, 0.3) is 0 Å². The quantitative estimate of drug-likeness (QED) is 0.783. The number of hydrogen-bond acceptors (Lipinski definition) is 6. The lowest BCUT2D eigenvalue weighted by atomic mass is 10.1. The third-order valence-corrected chi connectivity index (χ3v) is 4.24. The maximum atomic E-state index is 11.5. The van der Waals surface area contributed by atoms with Crippen LogP contribution in [-0.4, -0.2) is 28.5 Å². The first-order valence-corrected chi connectivity index (χ1v) is 7.25. The highest BCUT2D eigenvalue weighted by Gasteiger charge is 2.26. The van der Waals surface area contributed by atoms with E-state index in [2.05, 4.69) is 33.6 Å². The second kappa shape index (κ2) is 5.24. The number of carbonyl (C=O) groups is 1. The molecule has 7 heteroatoms. The molecule has 0 atom stereocenters. The first-order chi connectivity index (χ1) is 9.37. The average molecular weight is 293 g/mol. The highest BCUT2D eigenvalue weighted by atomic mass is 32.1. The van der Waals surface area contributed by atoms with Crippen LogP contribution in [0.4, 0.5) is 11.8 Å². The molecule has 2 rings (SSSR count). The summed E-state index contributed by atoms with van der Waals surface area (Å²) < 4.78 is 0. The average Bonchev–Trinajstić information content (AvgIpc) is 2.81. The molecule has 4 N–H and O–H groups in total. The Kier molecular flexibility index (Phi) is 3.80. The lowest BCUT2D eigenvalue weighted by Gasteiger charge is -2.23. The molecule has 0 bridgehead atoms. The largest absolute Gasteiger partial charge is 0.368 e. The molecule has 0 unspecified atom stereocenters. The van der Waals surface area contributed by atoms with E-state index in [4.69, 9.17) is 5.73 Å². The van der Waals surface area contributed by atoms with Gasteiger partial charge in [-0.1, -0.05) is 6.92 Å². The molecule has 0 aliphatic carbocycles. The second-order valence-corrected chi connectivity index (χ2v) is 6.16. The van der Waals surface area contributed by atoms with Crippen LogP contribution < -0.4 is 16.4 Å². The third kappa shape index (κ3) is 2.67. The number of hydrogen-bond donors (Lipinski definition) is 3. The van der Waals surface area contributed by atoms with Crippen molar-refractivity contribution in [2.75, 3.05) is 17.7 Å². The number of thiophene rings is 1. The Morgan fingerprint density at radius 1 is 1.45 bits per heavy atom. The molecule has 0 saturated heterocycles.